The van der Waals surface area contributed by atoms with E-state index in [4.69, 9.17) is 9.15 Å². The number of hydrogen-bond acceptors (Lipinski definition) is 4. The van der Waals surface area contributed by atoms with Gasteiger partial charge in [-0.25, -0.2) is 8.78 Å². The minimum absolute atomic E-state index is 0.0966. The van der Waals surface area contributed by atoms with Crippen LogP contribution in [-0.2, 0) is 6.61 Å². The van der Waals surface area contributed by atoms with Crippen LogP contribution in [0.1, 0.15) is 26.1 Å². The molecular formula is C19H12F4O3S. The Kier molecular flexibility index (Phi) is 5.46. The Balaban J connectivity index is 1.67. The third kappa shape index (κ3) is 4.28. The second kappa shape index (κ2) is 7.79. The third-order valence-corrected chi connectivity index (χ3v) is 4.51. The number of benzene rings is 1. The van der Waals surface area contributed by atoms with Crippen molar-refractivity contribution in [2.24, 2.45) is 0 Å². The van der Waals surface area contributed by atoms with E-state index in [1.54, 1.807) is 6.07 Å². The number of carbonyl (C=O) groups is 1. The Morgan fingerprint density at radius 1 is 1.11 bits per heavy atom. The highest BCUT2D eigenvalue weighted by Gasteiger charge is 2.21. The van der Waals surface area contributed by atoms with Crippen LogP contribution in [0.2, 0.25) is 0 Å². The maximum Gasteiger partial charge on any atom is 0.203 e. The highest BCUT2D eigenvalue weighted by molar-refractivity contribution is 7.14. The number of carbonyl (C=O) groups excluding carboxylic acids is 1. The minimum atomic E-state index is -1.63. The minimum Gasteiger partial charge on any atom is -0.479 e. The summed E-state index contributed by atoms with van der Waals surface area (Å²) in [6, 6.07) is 6.61. The topological polar surface area (TPSA) is 39.4 Å². The van der Waals surface area contributed by atoms with Crippen molar-refractivity contribution in [3.05, 3.63) is 81.0 Å². The van der Waals surface area contributed by atoms with Crippen molar-refractivity contribution in [1.29, 1.82) is 0 Å². The fraction of sp³-hybridized carbons (Fsp3) is 0.105. The quantitative estimate of drug-likeness (QED) is 0.233. The van der Waals surface area contributed by atoms with Crippen LogP contribution in [-0.4, -0.2) is 5.78 Å². The molecule has 0 bridgehead atoms. The van der Waals surface area contributed by atoms with Gasteiger partial charge in [-0.05, 0) is 43.3 Å². The molecule has 3 rings (SSSR count). The molecule has 0 N–H and O–H groups in total. The molecule has 3 nitrogen and oxygen atoms in total. The molecule has 0 radical (unpaired) electrons. The highest BCUT2D eigenvalue weighted by Crippen LogP contribution is 2.27. The van der Waals surface area contributed by atoms with E-state index in [1.807, 2.05) is 13.0 Å². The fourth-order valence-electron chi connectivity index (χ4n) is 2.19. The Morgan fingerprint density at radius 2 is 1.81 bits per heavy atom. The number of allylic oxidation sites excluding steroid dienone is 1. The van der Waals surface area contributed by atoms with Gasteiger partial charge in [0.15, 0.2) is 23.2 Å². The molecule has 0 saturated carbocycles. The normalized spacial score (nSPS) is 11.3. The molecule has 0 aliphatic rings. The van der Waals surface area contributed by atoms with Crippen LogP contribution < -0.4 is 4.74 Å². The van der Waals surface area contributed by atoms with E-state index in [0.29, 0.717) is 10.6 Å². The molecule has 2 heterocycles. The van der Waals surface area contributed by atoms with E-state index in [-0.39, 0.29) is 17.6 Å². The van der Waals surface area contributed by atoms with Gasteiger partial charge in [-0.2, -0.15) is 8.78 Å². The Labute approximate surface area is 155 Å². The van der Waals surface area contributed by atoms with E-state index in [1.165, 1.54) is 35.6 Å². The number of aryl methyl sites for hydroxylation is 1. The van der Waals surface area contributed by atoms with Gasteiger partial charge in [0.25, 0.3) is 0 Å². The summed E-state index contributed by atoms with van der Waals surface area (Å²) in [6.07, 6.45) is 2.76. The average Bonchev–Trinajstić information content (AvgIpc) is 3.27. The van der Waals surface area contributed by atoms with Gasteiger partial charge < -0.3 is 9.15 Å². The van der Waals surface area contributed by atoms with Crippen LogP contribution in [0.5, 0.6) is 5.75 Å². The predicted molar refractivity (Wildman–Crippen MR) is 91.7 cm³/mol. The maximum absolute atomic E-state index is 13.5. The van der Waals surface area contributed by atoms with Gasteiger partial charge in [0.05, 0.1) is 4.88 Å². The molecule has 0 aliphatic carbocycles. The Hall–Kier alpha value is -2.87. The SMILES string of the molecule is Cc1ccc(C(=O)/C=C/c2ccc(COc3c(F)c(F)cc(F)c3F)o2)s1. The van der Waals surface area contributed by atoms with Crippen molar-refractivity contribution < 1.29 is 31.5 Å². The predicted octanol–water partition coefficient (Wildman–Crippen LogP) is 5.68. The molecule has 0 fully saturated rings. The highest BCUT2D eigenvalue weighted by atomic mass is 32.1. The first-order valence-electron chi connectivity index (χ1n) is 7.68. The van der Waals surface area contributed by atoms with E-state index in [2.05, 4.69) is 0 Å². The van der Waals surface area contributed by atoms with Crippen LogP contribution >= 0.6 is 11.3 Å². The van der Waals surface area contributed by atoms with E-state index in [0.717, 1.165) is 4.88 Å². The fourth-order valence-corrected chi connectivity index (χ4v) is 2.98. The molecule has 0 aliphatic heterocycles. The van der Waals surface area contributed by atoms with Crippen LogP contribution in [0.3, 0.4) is 0 Å². The molecule has 0 atom stereocenters. The van der Waals surface area contributed by atoms with Crippen molar-refractivity contribution in [2.75, 3.05) is 0 Å². The first-order valence-corrected chi connectivity index (χ1v) is 8.50. The van der Waals surface area contributed by atoms with Crippen LogP contribution in [0, 0.1) is 30.2 Å². The molecular weight excluding hydrogens is 384 g/mol. The van der Waals surface area contributed by atoms with E-state index in [9.17, 15) is 22.4 Å². The van der Waals surface area contributed by atoms with Crippen LogP contribution in [0.4, 0.5) is 17.6 Å². The van der Waals surface area contributed by atoms with Crippen molar-refractivity contribution in [1.82, 2.24) is 0 Å². The summed E-state index contributed by atoms with van der Waals surface area (Å²) < 4.78 is 63.5. The second-order valence-corrected chi connectivity index (χ2v) is 6.79. The zero-order valence-electron chi connectivity index (χ0n) is 13.9. The zero-order valence-corrected chi connectivity index (χ0v) is 14.7. The van der Waals surface area contributed by atoms with Crippen molar-refractivity contribution in [2.45, 2.75) is 13.5 Å². The summed E-state index contributed by atoms with van der Waals surface area (Å²) in [5, 5.41) is 0. The number of ether oxygens (including phenoxy) is 1. The lowest BCUT2D eigenvalue weighted by Gasteiger charge is -2.08. The van der Waals surface area contributed by atoms with Crippen molar-refractivity contribution >= 4 is 23.2 Å². The van der Waals surface area contributed by atoms with Crippen LogP contribution in [0.15, 0.2) is 40.8 Å². The molecule has 0 amide bonds. The molecule has 0 saturated heterocycles. The lowest BCUT2D eigenvalue weighted by atomic mass is 10.3. The lowest BCUT2D eigenvalue weighted by molar-refractivity contribution is 0.105. The molecule has 8 heteroatoms. The summed E-state index contributed by atoms with van der Waals surface area (Å²) in [5.74, 6) is -7.27. The van der Waals surface area contributed by atoms with Gasteiger partial charge in [0.1, 0.15) is 18.1 Å². The van der Waals surface area contributed by atoms with E-state index < -0.39 is 35.6 Å². The van der Waals surface area contributed by atoms with Crippen molar-refractivity contribution in [3.63, 3.8) is 0 Å². The Bertz CT molecular complexity index is 994. The summed E-state index contributed by atoms with van der Waals surface area (Å²) in [7, 11) is 0. The molecule has 3 aromatic rings. The smallest absolute Gasteiger partial charge is 0.203 e. The number of hydrogen-bond donors (Lipinski definition) is 0. The van der Waals surface area contributed by atoms with Gasteiger partial charge in [0, 0.05) is 10.9 Å². The molecule has 0 unspecified atom stereocenters. The summed E-state index contributed by atoms with van der Waals surface area (Å²) in [5.41, 5.74) is 0. The molecule has 140 valence electrons. The summed E-state index contributed by atoms with van der Waals surface area (Å²) in [4.78, 5) is 13.6. The van der Waals surface area contributed by atoms with E-state index >= 15 is 0 Å². The number of ketones is 1. The molecule has 1 aromatic carbocycles. The molecule has 0 spiro atoms. The second-order valence-electron chi connectivity index (χ2n) is 5.50. The van der Waals surface area contributed by atoms with Gasteiger partial charge in [-0.15, -0.1) is 11.3 Å². The first kappa shape index (κ1) is 18.9. The van der Waals surface area contributed by atoms with Crippen molar-refractivity contribution in [3.8, 4) is 5.75 Å². The average molecular weight is 396 g/mol. The molecule has 27 heavy (non-hydrogen) atoms. The summed E-state index contributed by atoms with van der Waals surface area (Å²) in [6.45, 7) is 1.43. The maximum atomic E-state index is 13.5. The number of halogens is 4. The monoisotopic (exact) mass is 396 g/mol. The largest absolute Gasteiger partial charge is 0.479 e. The first-order chi connectivity index (χ1) is 12.8. The number of thiophene rings is 1. The third-order valence-electron chi connectivity index (χ3n) is 3.49. The zero-order chi connectivity index (χ0) is 19.6. The van der Waals surface area contributed by atoms with Gasteiger partial charge in [-0.3, -0.25) is 4.79 Å². The van der Waals surface area contributed by atoms with Gasteiger partial charge in [-0.1, -0.05) is 0 Å². The number of furan rings is 1. The molecule has 2 aromatic heterocycles. The summed E-state index contributed by atoms with van der Waals surface area (Å²) >= 11 is 1.36. The lowest BCUT2D eigenvalue weighted by Crippen LogP contribution is -2.03. The van der Waals surface area contributed by atoms with Gasteiger partial charge in [0.2, 0.25) is 11.6 Å². The van der Waals surface area contributed by atoms with Crippen LogP contribution in [0.25, 0.3) is 6.08 Å². The van der Waals surface area contributed by atoms with Gasteiger partial charge >= 0.3 is 0 Å². The Morgan fingerprint density at radius 3 is 2.44 bits per heavy atom. The standard InChI is InChI=1S/C19H12F4O3S/c1-10-2-7-16(27-10)15(24)6-5-11-3-4-12(26-11)9-25-19-17(22)13(20)8-14(21)18(19)23/h2-8H,9H2,1H3/b6-5+. The number of rotatable bonds is 6.